The third-order valence-corrected chi connectivity index (χ3v) is 8.40. The summed E-state index contributed by atoms with van der Waals surface area (Å²) in [5.74, 6) is 1.61. The van der Waals surface area contributed by atoms with Gasteiger partial charge in [-0.25, -0.2) is 0 Å². The highest BCUT2D eigenvalue weighted by Crippen LogP contribution is 2.49. The van der Waals surface area contributed by atoms with Crippen molar-refractivity contribution in [3.8, 4) is 11.5 Å². The van der Waals surface area contributed by atoms with E-state index < -0.39 is 0 Å². The zero-order valence-electron chi connectivity index (χ0n) is 19.9. The number of nitrogens with one attached hydrogen (secondary N) is 2. The summed E-state index contributed by atoms with van der Waals surface area (Å²) in [7, 11) is 5.67. The lowest BCUT2D eigenvalue weighted by molar-refractivity contribution is 0.161. The summed E-state index contributed by atoms with van der Waals surface area (Å²) in [6.07, 6.45) is 8.14. The first-order valence-corrected chi connectivity index (χ1v) is 12.6. The van der Waals surface area contributed by atoms with Crippen LogP contribution in [0.25, 0.3) is 0 Å². The number of hydrogen-bond acceptors (Lipinski definition) is 4. The lowest BCUT2D eigenvalue weighted by atomic mass is 9.65. The van der Waals surface area contributed by atoms with Crippen LogP contribution in [0.15, 0.2) is 36.4 Å². The number of hydrogen-bond donors (Lipinski definition) is 2. The number of likely N-dealkylation sites (tertiary alicyclic amines) is 1. The van der Waals surface area contributed by atoms with E-state index in [1.807, 2.05) is 0 Å². The topological polar surface area (TPSA) is 45.8 Å². The van der Waals surface area contributed by atoms with E-state index in [2.05, 4.69) is 59.0 Å². The second kappa shape index (κ2) is 9.15. The predicted molar refractivity (Wildman–Crippen MR) is 138 cm³/mol. The fourth-order valence-corrected chi connectivity index (χ4v) is 6.68. The Labute approximate surface area is 202 Å². The van der Waals surface area contributed by atoms with Crippen molar-refractivity contribution in [2.24, 2.45) is 0 Å². The Kier molecular flexibility index (Phi) is 6.23. The van der Waals surface area contributed by atoms with E-state index in [1.54, 1.807) is 14.2 Å². The zero-order valence-corrected chi connectivity index (χ0v) is 20.8. The summed E-state index contributed by atoms with van der Waals surface area (Å²) in [6, 6.07) is 14.0. The number of nitrogens with zero attached hydrogens (tertiary/aromatic N) is 1. The van der Waals surface area contributed by atoms with E-state index in [-0.39, 0.29) is 5.41 Å². The van der Waals surface area contributed by atoms with Gasteiger partial charge in [-0.05, 0) is 112 Å². The van der Waals surface area contributed by atoms with Crippen LogP contribution in [0.4, 0.5) is 5.69 Å². The van der Waals surface area contributed by atoms with Gasteiger partial charge in [0.05, 0.1) is 14.2 Å². The summed E-state index contributed by atoms with van der Waals surface area (Å²) >= 11 is 5.71. The Morgan fingerprint density at radius 1 is 1.03 bits per heavy atom. The van der Waals surface area contributed by atoms with Crippen molar-refractivity contribution in [2.75, 3.05) is 33.1 Å². The number of fused-ring (bicyclic) bond motifs is 2. The maximum atomic E-state index is 5.71. The van der Waals surface area contributed by atoms with E-state index in [4.69, 9.17) is 21.7 Å². The summed E-state index contributed by atoms with van der Waals surface area (Å²) in [5.41, 5.74) is 5.57. The smallest absolute Gasteiger partial charge is 0.170 e. The molecule has 0 spiro atoms. The molecule has 6 heteroatoms. The van der Waals surface area contributed by atoms with Crippen LogP contribution in [0, 0.1) is 0 Å². The minimum absolute atomic E-state index is 0.154. The molecule has 1 saturated carbocycles. The van der Waals surface area contributed by atoms with Gasteiger partial charge < -0.3 is 25.0 Å². The minimum Gasteiger partial charge on any atom is -0.493 e. The summed E-state index contributed by atoms with van der Waals surface area (Å²) < 4.78 is 11.1. The van der Waals surface area contributed by atoms with Crippen molar-refractivity contribution in [3.63, 3.8) is 0 Å². The summed E-state index contributed by atoms with van der Waals surface area (Å²) in [4.78, 5) is 2.53. The first-order chi connectivity index (χ1) is 16.0. The van der Waals surface area contributed by atoms with Crippen molar-refractivity contribution in [1.82, 2.24) is 10.2 Å². The van der Waals surface area contributed by atoms with Crippen LogP contribution in [0.1, 0.15) is 48.8 Å². The minimum atomic E-state index is 0.154. The molecule has 3 aliphatic rings. The van der Waals surface area contributed by atoms with Crippen LogP contribution in [-0.4, -0.2) is 49.9 Å². The van der Waals surface area contributed by atoms with Crippen molar-refractivity contribution >= 4 is 23.0 Å². The fraction of sp³-hybridized carbons (Fsp3) is 0.519. The molecule has 176 valence electrons. The standard InChI is InChI=1S/C27H35N3O2S/c1-30-14-13-27(20-8-10-23(31-2)24(16-20)32-3)12-11-22(17-25(27)30)29-26(33)28-21-9-7-18-5-4-6-19(18)15-21/h7-10,15-16,22,25H,4-6,11-14,17H2,1-3H3,(H2,28,29,33)/t22-,25+,27-/m0/s1. The molecule has 2 fully saturated rings. The molecule has 5 nitrogen and oxygen atoms in total. The van der Waals surface area contributed by atoms with Crippen molar-refractivity contribution < 1.29 is 9.47 Å². The van der Waals surface area contributed by atoms with E-state index in [0.717, 1.165) is 48.1 Å². The van der Waals surface area contributed by atoms with Gasteiger partial charge in [-0.1, -0.05) is 12.1 Å². The number of methoxy groups -OCH3 is 2. The molecule has 2 aliphatic carbocycles. The van der Waals surface area contributed by atoms with Crippen LogP contribution in [-0.2, 0) is 18.3 Å². The second-order valence-corrected chi connectivity index (χ2v) is 10.3. The Morgan fingerprint density at radius 3 is 2.67 bits per heavy atom. The molecule has 2 aromatic rings. The van der Waals surface area contributed by atoms with Crippen molar-refractivity contribution in [2.45, 2.75) is 62.4 Å². The molecule has 2 aromatic carbocycles. The maximum absolute atomic E-state index is 5.71. The van der Waals surface area contributed by atoms with Gasteiger partial charge >= 0.3 is 0 Å². The van der Waals surface area contributed by atoms with E-state index in [0.29, 0.717) is 12.1 Å². The monoisotopic (exact) mass is 465 g/mol. The van der Waals surface area contributed by atoms with Gasteiger partial charge in [0.25, 0.3) is 0 Å². The van der Waals surface area contributed by atoms with Gasteiger partial charge in [0, 0.05) is 23.2 Å². The van der Waals surface area contributed by atoms with Gasteiger partial charge in [0.1, 0.15) is 0 Å². The third-order valence-electron chi connectivity index (χ3n) is 8.18. The first kappa shape index (κ1) is 22.5. The number of rotatable bonds is 5. The molecule has 5 rings (SSSR count). The molecule has 33 heavy (non-hydrogen) atoms. The van der Waals surface area contributed by atoms with E-state index in [9.17, 15) is 0 Å². The van der Waals surface area contributed by atoms with Crippen molar-refractivity contribution in [1.29, 1.82) is 0 Å². The molecule has 0 aromatic heterocycles. The number of aryl methyl sites for hydroxylation is 2. The van der Waals surface area contributed by atoms with Gasteiger partial charge in [-0.15, -0.1) is 0 Å². The highest BCUT2D eigenvalue weighted by molar-refractivity contribution is 7.80. The Balaban J connectivity index is 1.28. The molecule has 1 saturated heterocycles. The predicted octanol–water partition coefficient (Wildman–Crippen LogP) is 4.67. The fourth-order valence-electron chi connectivity index (χ4n) is 6.40. The molecule has 3 atom stereocenters. The number of benzene rings is 2. The van der Waals surface area contributed by atoms with Gasteiger partial charge in [0.15, 0.2) is 16.6 Å². The number of anilines is 1. The highest BCUT2D eigenvalue weighted by atomic mass is 32.1. The van der Waals surface area contributed by atoms with Gasteiger partial charge in [0.2, 0.25) is 0 Å². The maximum Gasteiger partial charge on any atom is 0.170 e. The Morgan fingerprint density at radius 2 is 1.85 bits per heavy atom. The van der Waals surface area contributed by atoms with Gasteiger partial charge in [-0.2, -0.15) is 0 Å². The molecular weight excluding hydrogens is 430 g/mol. The number of ether oxygens (including phenoxy) is 2. The van der Waals surface area contributed by atoms with Crippen LogP contribution in [0.3, 0.4) is 0 Å². The average Bonchev–Trinajstić information content (AvgIpc) is 3.43. The summed E-state index contributed by atoms with van der Waals surface area (Å²) in [6.45, 7) is 1.11. The van der Waals surface area contributed by atoms with Crippen LogP contribution < -0.4 is 20.1 Å². The van der Waals surface area contributed by atoms with Crippen molar-refractivity contribution in [3.05, 3.63) is 53.1 Å². The molecule has 0 bridgehead atoms. The lowest BCUT2D eigenvalue weighted by Crippen LogP contribution is -2.52. The first-order valence-electron chi connectivity index (χ1n) is 12.1. The Bertz CT molecular complexity index is 1040. The SMILES string of the molecule is COc1ccc([C@@]23CC[C@H](NC(=S)Nc4ccc5c(c4)CCC5)C[C@H]2N(C)CC3)cc1OC. The molecule has 0 unspecified atom stereocenters. The largest absolute Gasteiger partial charge is 0.493 e. The molecule has 2 N–H and O–H groups in total. The quantitative estimate of drug-likeness (QED) is 0.626. The molecule has 1 heterocycles. The third kappa shape index (κ3) is 4.19. The second-order valence-electron chi connectivity index (χ2n) is 9.88. The van der Waals surface area contributed by atoms with Crippen LogP contribution in [0.2, 0.25) is 0 Å². The molecule has 0 radical (unpaired) electrons. The highest BCUT2D eigenvalue weighted by Gasteiger charge is 2.50. The summed E-state index contributed by atoms with van der Waals surface area (Å²) in [5, 5.41) is 7.80. The molecular formula is C27H35N3O2S. The van der Waals surface area contributed by atoms with Crippen LogP contribution in [0.5, 0.6) is 11.5 Å². The zero-order chi connectivity index (χ0) is 23.0. The van der Waals surface area contributed by atoms with E-state index in [1.165, 1.54) is 42.4 Å². The average molecular weight is 466 g/mol. The van der Waals surface area contributed by atoms with Crippen LogP contribution >= 0.6 is 12.2 Å². The molecule has 1 aliphatic heterocycles. The van der Waals surface area contributed by atoms with E-state index >= 15 is 0 Å². The molecule has 0 amide bonds. The lowest BCUT2D eigenvalue weighted by Gasteiger charge is -2.45. The normalized spacial score (nSPS) is 26.4. The number of likely N-dealkylation sites (N-methyl/N-ethyl adjacent to an activating group) is 1. The van der Waals surface area contributed by atoms with Gasteiger partial charge in [-0.3, -0.25) is 0 Å². The Hall–Kier alpha value is -2.31. The number of thiocarbonyl (C=S) groups is 1.